The molecule has 3 N–H and O–H groups in total. The number of hydrogen-bond acceptors (Lipinski definition) is 3. The number of hydrogen-bond donors (Lipinski definition) is 2. The van der Waals surface area contributed by atoms with Gasteiger partial charge >= 0.3 is 0 Å². The third-order valence-electron chi connectivity index (χ3n) is 3.38. The summed E-state index contributed by atoms with van der Waals surface area (Å²) in [5.74, 6) is 1.32. The second-order valence-corrected chi connectivity index (χ2v) is 6.19. The van der Waals surface area contributed by atoms with Gasteiger partial charge in [-0.25, -0.2) is 0 Å². The maximum Gasteiger partial charge on any atom is 0.124 e. The third kappa shape index (κ3) is 2.80. The minimum absolute atomic E-state index is 0.167. The van der Waals surface area contributed by atoms with Crippen LogP contribution in [0.5, 0.6) is 0 Å². The lowest BCUT2D eigenvalue weighted by molar-refractivity contribution is 0.727. The Hall–Kier alpha value is -1.16. The van der Waals surface area contributed by atoms with E-state index in [4.69, 9.17) is 11.1 Å². The number of nitrogens with zero attached hydrogens (tertiary/aromatic N) is 1. The Balaban J connectivity index is 2.29. The van der Waals surface area contributed by atoms with Crippen LogP contribution in [0.25, 0.3) is 0 Å². The molecule has 0 radical (unpaired) electrons. The number of thioether (sulfide) groups is 1. The van der Waals surface area contributed by atoms with Crippen LogP contribution >= 0.6 is 11.8 Å². The summed E-state index contributed by atoms with van der Waals surface area (Å²) in [6.45, 7) is 6.38. The number of anilines is 1. The van der Waals surface area contributed by atoms with Crippen molar-refractivity contribution < 1.29 is 0 Å². The van der Waals surface area contributed by atoms with Crippen molar-refractivity contribution in [3.8, 4) is 0 Å². The standard InChI is InChI=1S/C14H21N3S/c1-3-11-9-17(6-7-18-11)13-5-4-10(2)8-12(13)14(15)16/h4-5,8,11H,3,6-7,9H2,1-2H3,(H3,15,16). The van der Waals surface area contributed by atoms with Gasteiger partial charge in [0.05, 0.1) is 0 Å². The summed E-state index contributed by atoms with van der Waals surface area (Å²) in [5, 5.41) is 8.43. The number of nitrogen functional groups attached to an aromatic ring is 1. The predicted octanol–water partition coefficient (Wildman–Crippen LogP) is 2.61. The van der Waals surface area contributed by atoms with Gasteiger partial charge in [-0.2, -0.15) is 11.8 Å². The second-order valence-electron chi connectivity index (χ2n) is 4.78. The molecule has 0 bridgehead atoms. The number of nitrogens with two attached hydrogens (primary N) is 1. The second kappa shape index (κ2) is 5.65. The molecule has 1 aliphatic heterocycles. The highest BCUT2D eigenvalue weighted by Crippen LogP contribution is 2.28. The monoisotopic (exact) mass is 263 g/mol. The summed E-state index contributed by atoms with van der Waals surface area (Å²) in [5.41, 5.74) is 8.85. The van der Waals surface area contributed by atoms with Crippen molar-refractivity contribution in [2.24, 2.45) is 5.73 Å². The molecule has 4 heteroatoms. The highest BCUT2D eigenvalue weighted by atomic mass is 32.2. The molecule has 2 rings (SSSR count). The SMILES string of the molecule is CCC1CN(c2ccc(C)cc2C(=N)N)CCS1. The van der Waals surface area contributed by atoms with Crippen molar-refractivity contribution >= 4 is 23.3 Å². The normalized spacial score (nSPS) is 19.9. The molecule has 0 amide bonds. The maximum atomic E-state index is 7.73. The van der Waals surface area contributed by atoms with Crippen molar-refractivity contribution in [1.29, 1.82) is 5.41 Å². The van der Waals surface area contributed by atoms with E-state index in [9.17, 15) is 0 Å². The van der Waals surface area contributed by atoms with Gasteiger partial charge in [-0.1, -0.05) is 18.6 Å². The molecule has 1 saturated heterocycles. The predicted molar refractivity (Wildman–Crippen MR) is 80.9 cm³/mol. The highest BCUT2D eigenvalue weighted by Gasteiger charge is 2.21. The van der Waals surface area contributed by atoms with Gasteiger partial charge in [0, 0.05) is 35.3 Å². The Morgan fingerprint density at radius 1 is 1.56 bits per heavy atom. The van der Waals surface area contributed by atoms with Gasteiger partial charge in [0.2, 0.25) is 0 Å². The van der Waals surface area contributed by atoms with E-state index in [1.54, 1.807) is 0 Å². The average Bonchev–Trinajstić information content (AvgIpc) is 2.38. The number of nitrogens with one attached hydrogen (secondary N) is 1. The molecule has 1 unspecified atom stereocenters. The fraction of sp³-hybridized carbons (Fsp3) is 0.500. The van der Waals surface area contributed by atoms with Crippen molar-refractivity contribution in [3.05, 3.63) is 29.3 Å². The van der Waals surface area contributed by atoms with Crippen molar-refractivity contribution in [2.75, 3.05) is 23.7 Å². The summed E-state index contributed by atoms with van der Waals surface area (Å²) in [7, 11) is 0. The molecule has 0 aromatic heterocycles. The Bertz CT molecular complexity index is 445. The van der Waals surface area contributed by atoms with Crippen LogP contribution in [0.3, 0.4) is 0 Å². The van der Waals surface area contributed by atoms with Gasteiger partial charge in [0.15, 0.2) is 0 Å². The largest absolute Gasteiger partial charge is 0.384 e. The first-order valence-corrected chi connectivity index (χ1v) is 7.48. The third-order valence-corrected chi connectivity index (χ3v) is 4.75. The molecular formula is C14H21N3S. The molecule has 1 aromatic rings. The van der Waals surface area contributed by atoms with E-state index in [2.05, 4.69) is 35.7 Å². The van der Waals surface area contributed by atoms with Crippen molar-refractivity contribution in [1.82, 2.24) is 0 Å². The number of benzene rings is 1. The zero-order chi connectivity index (χ0) is 13.1. The number of amidine groups is 1. The molecule has 0 saturated carbocycles. The summed E-state index contributed by atoms with van der Waals surface area (Å²) >= 11 is 2.05. The van der Waals surface area contributed by atoms with Crippen LogP contribution in [0.4, 0.5) is 5.69 Å². The van der Waals surface area contributed by atoms with Gasteiger partial charge in [0.1, 0.15) is 5.84 Å². The molecule has 1 aromatic carbocycles. The minimum Gasteiger partial charge on any atom is -0.384 e. The summed E-state index contributed by atoms with van der Waals surface area (Å²) in [4.78, 5) is 2.38. The Kier molecular flexibility index (Phi) is 4.17. The van der Waals surface area contributed by atoms with Gasteiger partial charge in [-0.05, 0) is 25.5 Å². The molecule has 0 aliphatic carbocycles. The smallest absolute Gasteiger partial charge is 0.124 e. The molecule has 1 fully saturated rings. The summed E-state index contributed by atoms with van der Waals surface area (Å²) < 4.78 is 0. The van der Waals surface area contributed by atoms with E-state index in [1.807, 2.05) is 13.0 Å². The van der Waals surface area contributed by atoms with E-state index in [1.165, 1.54) is 6.42 Å². The van der Waals surface area contributed by atoms with E-state index in [0.717, 1.165) is 35.7 Å². The van der Waals surface area contributed by atoms with Crippen LogP contribution in [0.1, 0.15) is 24.5 Å². The number of aryl methyl sites for hydroxylation is 1. The topological polar surface area (TPSA) is 53.1 Å². The van der Waals surface area contributed by atoms with Crippen LogP contribution in [0.2, 0.25) is 0 Å². The van der Waals surface area contributed by atoms with E-state index in [0.29, 0.717) is 5.25 Å². The first-order valence-electron chi connectivity index (χ1n) is 6.43. The van der Waals surface area contributed by atoms with Crippen LogP contribution in [-0.4, -0.2) is 29.9 Å². The van der Waals surface area contributed by atoms with Crippen molar-refractivity contribution in [2.45, 2.75) is 25.5 Å². The summed E-state index contributed by atoms with van der Waals surface area (Å²) in [6, 6.07) is 6.22. The lowest BCUT2D eigenvalue weighted by atomic mass is 10.1. The molecule has 3 nitrogen and oxygen atoms in total. The Morgan fingerprint density at radius 2 is 2.33 bits per heavy atom. The van der Waals surface area contributed by atoms with E-state index in [-0.39, 0.29) is 5.84 Å². The fourth-order valence-electron chi connectivity index (χ4n) is 2.33. The van der Waals surface area contributed by atoms with Gasteiger partial charge in [-0.3, -0.25) is 5.41 Å². The first kappa shape index (κ1) is 13.3. The molecule has 1 aliphatic rings. The molecular weight excluding hydrogens is 242 g/mol. The van der Waals surface area contributed by atoms with Crippen LogP contribution in [-0.2, 0) is 0 Å². The Labute approximate surface area is 113 Å². The van der Waals surface area contributed by atoms with Gasteiger partial charge in [-0.15, -0.1) is 0 Å². The lowest BCUT2D eigenvalue weighted by Crippen LogP contribution is -2.38. The molecule has 1 atom stereocenters. The lowest BCUT2D eigenvalue weighted by Gasteiger charge is -2.34. The van der Waals surface area contributed by atoms with Crippen LogP contribution in [0.15, 0.2) is 18.2 Å². The Morgan fingerprint density at radius 3 is 3.00 bits per heavy atom. The van der Waals surface area contributed by atoms with E-state index < -0.39 is 0 Å². The highest BCUT2D eigenvalue weighted by molar-refractivity contribution is 8.00. The number of rotatable bonds is 3. The molecule has 0 spiro atoms. The average molecular weight is 263 g/mol. The fourth-order valence-corrected chi connectivity index (χ4v) is 3.51. The minimum atomic E-state index is 0.167. The van der Waals surface area contributed by atoms with Crippen molar-refractivity contribution in [3.63, 3.8) is 0 Å². The quantitative estimate of drug-likeness (QED) is 0.651. The van der Waals surface area contributed by atoms with Gasteiger partial charge < -0.3 is 10.6 Å². The maximum absolute atomic E-state index is 7.73. The zero-order valence-electron chi connectivity index (χ0n) is 11.1. The molecule has 18 heavy (non-hydrogen) atoms. The van der Waals surface area contributed by atoms with Crippen LogP contribution in [0, 0.1) is 12.3 Å². The van der Waals surface area contributed by atoms with Gasteiger partial charge in [0.25, 0.3) is 0 Å². The molecule has 98 valence electrons. The zero-order valence-corrected chi connectivity index (χ0v) is 11.9. The first-order chi connectivity index (χ1) is 8.61. The molecule has 1 heterocycles. The summed E-state index contributed by atoms with van der Waals surface area (Å²) in [6.07, 6.45) is 1.20. The van der Waals surface area contributed by atoms with E-state index >= 15 is 0 Å². The van der Waals surface area contributed by atoms with Crippen LogP contribution < -0.4 is 10.6 Å².